The molecule has 0 bridgehead atoms. The van der Waals surface area contributed by atoms with E-state index in [-0.39, 0.29) is 5.69 Å². The van der Waals surface area contributed by atoms with E-state index < -0.39 is 11.7 Å². The first-order chi connectivity index (χ1) is 8.57. The summed E-state index contributed by atoms with van der Waals surface area (Å²) in [4.78, 5) is 0. The van der Waals surface area contributed by atoms with Crippen LogP contribution in [-0.4, -0.2) is 16.3 Å². The molecule has 0 atom stereocenters. The van der Waals surface area contributed by atoms with Crippen molar-refractivity contribution >= 4 is 5.69 Å². The monoisotopic (exact) mass is 255 g/mol. The zero-order valence-corrected chi connectivity index (χ0v) is 9.48. The van der Waals surface area contributed by atoms with Gasteiger partial charge in [0, 0.05) is 24.6 Å². The van der Waals surface area contributed by atoms with Crippen molar-refractivity contribution in [3.8, 4) is 0 Å². The highest BCUT2D eigenvalue weighted by molar-refractivity contribution is 5.52. The van der Waals surface area contributed by atoms with E-state index in [2.05, 4.69) is 10.4 Å². The van der Waals surface area contributed by atoms with Crippen LogP contribution in [0.1, 0.15) is 5.56 Å². The molecule has 18 heavy (non-hydrogen) atoms. The van der Waals surface area contributed by atoms with Gasteiger partial charge in [0.1, 0.15) is 0 Å². The lowest BCUT2D eigenvalue weighted by Gasteiger charge is -2.14. The molecule has 0 aliphatic heterocycles. The molecule has 0 radical (unpaired) electrons. The lowest BCUT2D eigenvalue weighted by atomic mass is 10.1. The average Bonchev–Trinajstić information content (AvgIpc) is 2.81. The van der Waals surface area contributed by atoms with Crippen LogP contribution >= 0.6 is 0 Å². The zero-order valence-electron chi connectivity index (χ0n) is 9.48. The fourth-order valence-corrected chi connectivity index (χ4v) is 1.62. The molecule has 1 N–H and O–H groups in total. The number of benzene rings is 1. The Bertz CT molecular complexity index is 492. The molecule has 0 fully saturated rings. The van der Waals surface area contributed by atoms with E-state index in [0.29, 0.717) is 13.1 Å². The van der Waals surface area contributed by atoms with Crippen LogP contribution in [0.2, 0.25) is 0 Å². The molecule has 0 spiro atoms. The minimum Gasteiger partial charge on any atom is -0.383 e. The van der Waals surface area contributed by atoms with Gasteiger partial charge >= 0.3 is 6.18 Å². The van der Waals surface area contributed by atoms with Crippen LogP contribution in [0.25, 0.3) is 0 Å². The van der Waals surface area contributed by atoms with Crippen molar-refractivity contribution in [1.29, 1.82) is 0 Å². The maximum absolute atomic E-state index is 12.7. The summed E-state index contributed by atoms with van der Waals surface area (Å²) in [7, 11) is 0. The van der Waals surface area contributed by atoms with E-state index in [9.17, 15) is 13.2 Å². The molecule has 0 aliphatic carbocycles. The van der Waals surface area contributed by atoms with E-state index in [1.165, 1.54) is 12.1 Å². The fourth-order valence-electron chi connectivity index (χ4n) is 1.62. The highest BCUT2D eigenvalue weighted by Gasteiger charge is 2.32. The summed E-state index contributed by atoms with van der Waals surface area (Å²) in [5.74, 6) is 0. The lowest BCUT2D eigenvalue weighted by molar-refractivity contribution is -0.136. The number of aromatic nitrogens is 2. The first kappa shape index (κ1) is 12.5. The van der Waals surface area contributed by atoms with E-state index in [1.807, 2.05) is 0 Å². The van der Waals surface area contributed by atoms with Gasteiger partial charge in [0.05, 0.1) is 12.1 Å². The summed E-state index contributed by atoms with van der Waals surface area (Å²) < 4.78 is 39.7. The molecular formula is C12H12F3N3. The number of hydrogen-bond acceptors (Lipinski definition) is 2. The van der Waals surface area contributed by atoms with Crippen LogP contribution in [0.4, 0.5) is 18.9 Å². The number of hydrogen-bond donors (Lipinski definition) is 1. The lowest BCUT2D eigenvalue weighted by Crippen LogP contribution is -2.15. The molecule has 0 unspecified atom stereocenters. The van der Waals surface area contributed by atoms with Crippen LogP contribution < -0.4 is 5.32 Å². The minimum atomic E-state index is -4.34. The molecule has 1 aromatic carbocycles. The number of anilines is 1. The summed E-state index contributed by atoms with van der Waals surface area (Å²) in [6.45, 7) is 0.897. The predicted molar refractivity (Wildman–Crippen MR) is 62.2 cm³/mol. The van der Waals surface area contributed by atoms with Crippen molar-refractivity contribution in [2.24, 2.45) is 0 Å². The van der Waals surface area contributed by atoms with Gasteiger partial charge in [-0.05, 0) is 18.2 Å². The predicted octanol–water partition coefficient (Wildman–Crippen LogP) is 3.01. The van der Waals surface area contributed by atoms with Gasteiger partial charge in [0.25, 0.3) is 0 Å². The van der Waals surface area contributed by atoms with E-state index in [0.717, 1.165) is 6.07 Å². The van der Waals surface area contributed by atoms with Gasteiger partial charge in [0.15, 0.2) is 0 Å². The number of halogens is 3. The maximum Gasteiger partial charge on any atom is 0.418 e. The van der Waals surface area contributed by atoms with Crippen LogP contribution in [0, 0.1) is 0 Å². The molecule has 0 saturated heterocycles. The standard InChI is InChI=1S/C12H12F3N3/c13-12(14,15)10-4-1-2-5-11(10)16-7-9-18-8-3-6-17-18/h1-6,8,16H,7,9H2. The Balaban J connectivity index is 2.01. The van der Waals surface area contributed by atoms with E-state index in [1.54, 1.807) is 29.2 Å². The Labute approximate surface area is 102 Å². The fraction of sp³-hybridized carbons (Fsp3) is 0.250. The molecular weight excluding hydrogens is 243 g/mol. The van der Waals surface area contributed by atoms with Gasteiger partial charge in [-0.25, -0.2) is 0 Å². The third-order valence-corrected chi connectivity index (χ3v) is 2.45. The largest absolute Gasteiger partial charge is 0.418 e. The Morgan fingerprint density at radius 3 is 2.61 bits per heavy atom. The second-order valence-electron chi connectivity index (χ2n) is 3.74. The van der Waals surface area contributed by atoms with Crippen molar-refractivity contribution in [2.75, 3.05) is 11.9 Å². The van der Waals surface area contributed by atoms with Crippen molar-refractivity contribution in [3.05, 3.63) is 48.3 Å². The van der Waals surface area contributed by atoms with Gasteiger partial charge < -0.3 is 5.32 Å². The second kappa shape index (κ2) is 5.12. The van der Waals surface area contributed by atoms with Crippen LogP contribution in [0.5, 0.6) is 0 Å². The first-order valence-corrected chi connectivity index (χ1v) is 5.45. The van der Waals surface area contributed by atoms with Crippen molar-refractivity contribution in [3.63, 3.8) is 0 Å². The van der Waals surface area contributed by atoms with Crippen LogP contribution in [0.15, 0.2) is 42.7 Å². The summed E-state index contributed by atoms with van der Waals surface area (Å²) in [6.07, 6.45) is -0.948. The Kier molecular flexibility index (Phi) is 3.55. The topological polar surface area (TPSA) is 29.9 Å². The van der Waals surface area contributed by atoms with Gasteiger partial charge in [-0.15, -0.1) is 0 Å². The molecule has 2 rings (SSSR count). The minimum absolute atomic E-state index is 0.0946. The van der Waals surface area contributed by atoms with E-state index in [4.69, 9.17) is 0 Å². The van der Waals surface area contributed by atoms with Crippen molar-refractivity contribution < 1.29 is 13.2 Å². The molecule has 6 heteroatoms. The summed E-state index contributed by atoms with van der Waals surface area (Å²) in [5, 5.41) is 6.75. The normalized spacial score (nSPS) is 11.5. The van der Waals surface area contributed by atoms with Gasteiger partial charge in [-0.1, -0.05) is 12.1 Å². The summed E-state index contributed by atoms with van der Waals surface area (Å²) >= 11 is 0. The van der Waals surface area contributed by atoms with Crippen molar-refractivity contribution in [1.82, 2.24) is 9.78 Å². The third-order valence-electron chi connectivity index (χ3n) is 2.45. The quantitative estimate of drug-likeness (QED) is 0.910. The molecule has 0 amide bonds. The average molecular weight is 255 g/mol. The van der Waals surface area contributed by atoms with Gasteiger partial charge in [-0.3, -0.25) is 4.68 Å². The van der Waals surface area contributed by atoms with Crippen LogP contribution in [0.3, 0.4) is 0 Å². The summed E-state index contributed by atoms with van der Waals surface area (Å²) in [5.41, 5.74) is -0.553. The molecule has 3 nitrogen and oxygen atoms in total. The molecule has 2 aromatic rings. The first-order valence-electron chi connectivity index (χ1n) is 5.45. The number of alkyl halides is 3. The Hall–Kier alpha value is -1.98. The maximum atomic E-state index is 12.7. The number of rotatable bonds is 4. The second-order valence-corrected chi connectivity index (χ2v) is 3.74. The molecule has 1 aromatic heterocycles. The third kappa shape index (κ3) is 3.03. The molecule has 1 heterocycles. The van der Waals surface area contributed by atoms with Crippen LogP contribution in [-0.2, 0) is 12.7 Å². The van der Waals surface area contributed by atoms with Crippen molar-refractivity contribution in [2.45, 2.75) is 12.7 Å². The number of nitrogens with one attached hydrogen (secondary N) is 1. The highest BCUT2D eigenvalue weighted by atomic mass is 19.4. The number of para-hydroxylation sites is 1. The van der Waals surface area contributed by atoms with Gasteiger partial charge in [0.2, 0.25) is 0 Å². The zero-order chi connectivity index (χ0) is 13.0. The summed E-state index contributed by atoms with van der Waals surface area (Å²) in [6, 6.07) is 7.21. The molecule has 0 aliphatic rings. The Morgan fingerprint density at radius 2 is 1.94 bits per heavy atom. The SMILES string of the molecule is FC(F)(F)c1ccccc1NCCn1cccn1. The smallest absolute Gasteiger partial charge is 0.383 e. The number of nitrogens with zero attached hydrogens (tertiary/aromatic N) is 2. The Morgan fingerprint density at radius 1 is 1.17 bits per heavy atom. The van der Waals surface area contributed by atoms with Gasteiger partial charge in [-0.2, -0.15) is 18.3 Å². The molecule has 96 valence electrons. The highest BCUT2D eigenvalue weighted by Crippen LogP contribution is 2.34. The molecule has 0 saturated carbocycles. The van der Waals surface area contributed by atoms with E-state index >= 15 is 0 Å².